The van der Waals surface area contributed by atoms with Crippen LogP contribution in [0.3, 0.4) is 0 Å². The van der Waals surface area contributed by atoms with Crippen LogP contribution in [-0.4, -0.2) is 38.4 Å². The molecule has 3 aromatic rings. The number of rotatable bonds is 8. The van der Waals surface area contributed by atoms with E-state index in [1.54, 1.807) is 6.07 Å². The van der Waals surface area contributed by atoms with Crippen LogP contribution >= 0.6 is 0 Å². The minimum atomic E-state index is -3.91. The molecule has 0 amide bonds. The van der Waals surface area contributed by atoms with Crippen molar-refractivity contribution in [1.29, 1.82) is 0 Å². The van der Waals surface area contributed by atoms with E-state index < -0.39 is 49.0 Å². The molecular weight excluding hydrogens is 575 g/mol. The van der Waals surface area contributed by atoms with Gasteiger partial charge in [0, 0.05) is 29.0 Å². The van der Waals surface area contributed by atoms with Crippen LogP contribution in [0.2, 0.25) is 0 Å². The standard InChI is InChI=1S/C29H32F3N3O4S2/c1-19(21-7-3-2-4-8-21)34-41(38,39)13-12-27-25-18-40(36,37)17-22(14-20-6-5-9-23(30)15-20)29(25)35(33-27)28-11-10-24(31)16-26(28)32/h5-6,9-13,15-16,19,21-22,34H,2-4,7-8,14,17-18H2,1H3/b13-12+/t19-,22?/m1/s1. The third-order valence-corrected chi connectivity index (χ3v) is 10.7. The zero-order valence-corrected chi connectivity index (χ0v) is 24.2. The summed E-state index contributed by atoms with van der Waals surface area (Å²) in [6.07, 6.45) is 6.47. The van der Waals surface area contributed by atoms with Gasteiger partial charge >= 0.3 is 0 Å². The molecule has 5 rings (SSSR count). The van der Waals surface area contributed by atoms with E-state index >= 15 is 0 Å². The Morgan fingerprint density at radius 3 is 2.51 bits per heavy atom. The molecule has 1 aliphatic heterocycles. The monoisotopic (exact) mass is 607 g/mol. The van der Waals surface area contributed by atoms with Crippen molar-refractivity contribution >= 4 is 25.9 Å². The second-order valence-electron chi connectivity index (χ2n) is 11.0. The summed E-state index contributed by atoms with van der Waals surface area (Å²) in [6.45, 7) is 1.83. The van der Waals surface area contributed by atoms with Crippen LogP contribution in [-0.2, 0) is 32.0 Å². The predicted octanol–water partition coefficient (Wildman–Crippen LogP) is 5.40. The number of nitrogens with zero attached hydrogens (tertiary/aromatic N) is 2. The van der Waals surface area contributed by atoms with Gasteiger partial charge in [0.15, 0.2) is 15.7 Å². The molecule has 2 aromatic carbocycles. The lowest BCUT2D eigenvalue weighted by Gasteiger charge is -2.27. The van der Waals surface area contributed by atoms with Crippen molar-refractivity contribution in [2.75, 3.05) is 5.75 Å². The van der Waals surface area contributed by atoms with E-state index in [0.29, 0.717) is 17.3 Å². The summed E-state index contributed by atoms with van der Waals surface area (Å²) in [5, 5.41) is 5.38. The molecule has 2 atom stereocenters. The van der Waals surface area contributed by atoms with Crippen molar-refractivity contribution < 1.29 is 30.0 Å². The molecule has 0 saturated heterocycles. The van der Waals surface area contributed by atoms with Crippen molar-refractivity contribution in [3.8, 4) is 5.69 Å². The highest BCUT2D eigenvalue weighted by molar-refractivity contribution is 7.92. The maximum Gasteiger partial charge on any atom is 0.234 e. The van der Waals surface area contributed by atoms with Gasteiger partial charge in [-0.15, -0.1) is 0 Å². The summed E-state index contributed by atoms with van der Waals surface area (Å²) in [6, 6.07) is 8.42. The molecule has 1 N–H and O–H groups in total. The fraction of sp³-hybridized carbons (Fsp3) is 0.414. The van der Waals surface area contributed by atoms with Crippen LogP contribution in [0.1, 0.15) is 67.5 Å². The van der Waals surface area contributed by atoms with E-state index in [1.165, 1.54) is 35.0 Å². The number of fused-ring (bicyclic) bond motifs is 1. The molecule has 0 radical (unpaired) electrons. The minimum Gasteiger partial charge on any atom is -0.234 e. The molecule has 1 fully saturated rings. The number of halogens is 3. The Kier molecular flexibility index (Phi) is 8.45. The summed E-state index contributed by atoms with van der Waals surface area (Å²) in [7, 11) is -7.59. The summed E-state index contributed by atoms with van der Waals surface area (Å²) < 4.78 is 98.5. The topological polar surface area (TPSA) is 98.1 Å². The second kappa shape index (κ2) is 11.7. The smallest absolute Gasteiger partial charge is 0.234 e. The normalized spacial score (nSPS) is 20.2. The van der Waals surface area contributed by atoms with Gasteiger partial charge in [-0.2, -0.15) is 5.10 Å². The minimum absolute atomic E-state index is 0.0481. The zero-order valence-electron chi connectivity index (χ0n) is 22.6. The average molecular weight is 608 g/mol. The highest BCUT2D eigenvalue weighted by Crippen LogP contribution is 2.37. The van der Waals surface area contributed by atoms with E-state index in [1.807, 2.05) is 6.92 Å². The summed E-state index contributed by atoms with van der Waals surface area (Å²) in [4.78, 5) is 0. The molecule has 2 heterocycles. The Hall–Kier alpha value is -2.96. The Labute approximate surface area is 238 Å². The van der Waals surface area contributed by atoms with Crippen LogP contribution in [0.15, 0.2) is 47.9 Å². The van der Waals surface area contributed by atoms with Gasteiger partial charge < -0.3 is 0 Å². The van der Waals surface area contributed by atoms with Gasteiger partial charge in [-0.1, -0.05) is 31.4 Å². The van der Waals surface area contributed by atoms with Crippen LogP contribution < -0.4 is 4.72 Å². The number of nitrogens with one attached hydrogen (secondary N) is 1. The van der Waals surface area contributed by atoms with Crippen LogP contribution in [0.25, 0.3) is 11.8 Å². The first kappa shape index (κ1) is 29.5. The maximum atomic E-state index is 15.0. The van der Waals surface area contributed by atoms with Crippen molar-refractivity contribution in [3.63, 3.8) is 0 Å². The van der Waals surface area contributed by atoms with E-state index in [9.17, 15) is 30.0 Å². The Morgan fingerprint density at radius 2 is 1.80 bits per heavy atom. The highest BCUT2D eigenvalue weighted by atomic mass is 32.2. The lowest BCUT2D eigenvalue weighted by Crippen LogP contribution is -2.37. The second-order valence-corrected chi connectivity index (χ2v) is 14.7. The van der Waals surface area contributed by atoms with Crippen LogP contribution in [0, 0.1) is 23.4 Å². The zero-order chi connectivity index (χ0) is 29.4. The van der Waals surface area contributed by atoms with E-state index in [-0.39, 0.29) is 41.1 Å². The fourth-order valence-corrected chi connectivity index (χ4v) is 8.81. The molecule has 0 spiro atoms. The molecule has 1 aliphatic carbocycles. The third kappa shape index (κ3) is 6.92. The molecule has 0 bridgehead atoms. The van der Waals surface area contributed by atoms with Crippen molar-refractivity contribution in [1.82, 2.24) is 14.5 Å². The molecule has 220 valence electrons. The van der Waals surface area contributed by atoms with Gasteiger partial charge in [0.2, 0.25) is 10.0 Å². The molecule has 12 heteroatoms. The Bertz CT molecular complexity index is 1680. The molecule has 41 heavy (non-hydrogen) atoms. The maximum absolute atomic E-state index is 15.0. The average Bonchev–Trinajstić information content (AvgIpc) is 3.25. The number of benzene rings is 2. The number of hydrogen-bond acceptors (Lipinski definition) is 5. The number of sulfone groups is 1. The van der Waals surface area contributed by atoms with Gasteiger partial charge in [-0.3, -0.25) is 0 Å². The number of hydrogen-bond donors (Lipinski definition) is 1. The first-order valence-electron chi connectivity index (χ1n) is 13.6. The van der Waals surface area contributed by atoms with Gasteiger partial charge in [-0.25, -0.2) is 39.4 Å². The number of sulfonamides is 1. The van der Waals surface area contributed by atoms with Gasteiger partial charge in [0.1, 0.15) is 17.3 Å². The highest BCUT2D eigenvalue weighted by Gasteiger charge is 2.36. The van der Waals surface area contributed by atoms with Crippen molar-refractivity contribution in [2.24, 2.45) is 5.92 Å². The van der Waals surface area contributed by atoms with E-state index in [2.05, 4.69) is 9.82 Å². The van der Waals surface area contributed by atoms with Crippen LogP contribution in [0.5, 0.6) is 0 Å². The van der Waals surface area contributed by atoms with Crippen molar-refractivity contribution in [3.05, 3.63) is 87.8 Å². The Balaban J connectivity index is 1.56. The molecular formula is C29H32F3N3O4S2. The quantitative estimate of drug-likeness (QED) is 0.370. The SMILES string of the molecule is C[C@@H](NS(=O)(=O)/C=C/c1nn(-c2ccc(F)cc2F)c2c1CS(=O)(=O)CC2Cc1cccc(F)c1)C1CCCCC1. The molecule has 1 saturated carbocycles. The largest absolute Gasteiger partial charge is 0.234 e. The summed E-state index contributed by atoms with van der Waals surface area (Å²) in [5.41, 5.74) is 1.05. The molecule has 2 aliphatic rings. The first-order chi connectivity index (χ1) is 19.4. The van der Waals surface area contributed by atoms with E-state index in [0.717, 1.165) is 43.6 Å². The fourth-order valence-electron chi connectivity index (χ4n) is 5.97. The lowest BCUT2D eigenvalue weighted by atomic mass is 9.85. The Morgan fingerprint density at radius 1 is 1.07 bits per heavy atom. The number of aromatic nitrogens is 2. The summed E-state index contributed by atoms with van der Waals surface area (Å²) >= 11 is 0. The molecule has 1 unspecified atom stereocenters. The first-order valence-corrected chi connectivity index (χ1v) is 17.0. The van der Waals surface area contributed by atoms with Crippen LogP contribution in [0.4, 0.5) is 13.2 Å². The van der Waals surface area contributed by atoms with Gasteiger partial charge in [0.05, 0.1) is 22.9 Å². The predicted molar refractivity (Wildman–Crippen MR) is 151 cm³/mol. The van der Waals surface area contributed by atoms with E-state index in [4.69, 9.17) is 0 Å². The lowest BCUT2D eigenvalue weighted by molar-refractivity contribution is 0.303. The summed E-state index contributed by atoms with van der Waals surface area (Å²) in [5.74, 6) is -3.44. The van der Waals surface area contributed by atoms with Crippen molar-refractivity contribution in [2.45, 2.75) is 63.2 Å². The van der Waals surface area contributed by atoms with Gasteiger partial charge in [0.25, 0.3) is 0 Å². The van der Waals surface area contributed by atoms with Gasteiger partial charge in [-0.05, 0) is 68.0 Å². The molecule has 7 nitrogen and oxygen atoms in total. The third-order valence-electron chi connectivity index (χ3n) is 7.88. The molecule has 1 aromatic heterocycles.